The van der Waals surface area contributed by atoms with E-state index in [1.807, 2.05) is 53.0 Å². The van der Waals surface area contributed by atoms with Crippen LogP contribution in [0.3, 0.4) is 0 Å². The Balaban J connectivity index is 2.18. The molecule has 2 aromatic rings. The van der Waals surface area contributed by atoms with Gasteiger partial charge < -0.3 is 15.6 Å². The highest BCUT2D eigenvalue weighted by Crippen LogP contribution is 2.25. The summed E-state index contributed by atoms with van der Waals surface area (Å²) in [6.45, 7) is 8.37. The van der Waals surface area contributed by atoms with Crippen molar-refractivity contribution in [1.82, 2.24) is 25.5 Å². The van der Waals surface area contributed by atoms with Crippen LogP contribution in [-0.4, -0.2) is 39.7 Å². The van der Waals surface area contributed by atoms with Gasteiger partial charge in [-0.15, -0.1) is 0 Å². The fourth-order valence-corrected chi connectivity index (χ4v) is 2.24. The minimum atomic E-state index is -0.537. The molecule has 0 aliphatic rings. The van der Waals surface area contributed by atoms with Crippen molar-refractivity contribution in [1.29, 1.82) is 0 Å². The van der Waals surface area contributed by atoms with E-state index in [0.717, 1.165) is 11.3 Å². The molecule has 134 valence electrons. The number of nitrogens with one attached hydrogen (secondary N) is 4. The van der Waals surface area contributed by atoms with E-state index >= 15 is 0 Å². The molecule has 2 rings (SSSR count). The first-order chi connectivity index (χ1) is 11.9. The second kappa shape index (κ2) is 7.94. The molecule has 7 nitrogen and oxygen atoms in total. The molecule has 25 heavy (non-hydrogen) atoms. The predicted molar refractivity (Wildman–Crippen MR) is 101 cm³/mol. The zero-order valence-corrected chi connectivity index (χ0v) is 15.4. The second-order valence-corrected chi connectivity index (χ2v) is 6.58. The minimum Gasteiger partial charge on any atom is -0.337 e. The number of allylic oxidation sites excluding steroid dienone is 3. The number of nitrogens with zero attached hydrogens (tertiary/aromatic N) is 2. The molecule has 0 fully saturated rings. The number of amides is 1. The number of rotatable bonds is 7. The minimum absolute atomic E-state index is 0.0834. The van der Waals surface area contributed by atoms with Crippen LogP contribution in [0.15, 0.2) is 30.1 Å². The quantitative estimate of drug-likeness (QED) is 0.581. The van der Waals surface area contributed by atoms with Crippen LogP contribution in [0.2, 0.25) is 0 Å². The third-order valence-electron chi connectivity index (χ3n) is 3.93. The normalized spacial score (nSPS) is 12.8. The number of anilines is 1. The number of hydrogen-bond acceptors (Lipinski definition) is 4. The Morgan fingerprint density at radius 3 is 2.80 bits per heavy atom. The Labute approximate surface area is 148 Å². The van der Waals surface area contributed by atoms with Gasteiger partial charge in [-0.2, -0.15) is 5.10 Å². The monoisotopic (exact) mass is 342 g/mol. The van der Waals surface area contributed by atoms with Gasteiger partial charge in [-0.05, 0) is 40.8 Å². The lowest BCUT2D eigenvalue weighted by molar-refractivity contribution is -0.123. The van der Waals surface area contributed by atoms with Crippen molar-refractivity contribution in [2.75, 3.05) is 18.9 Å². The van der Waals surface area contributed by atoms with Crippen LogP contribution < -0.4 is 10.6 Å². The van der Waals surface area contributed by atoms with Crippen molar-refractivity contribution in [3.8, 4) is 11.5 Å². The summed E-state index contributed by atoms with van der Waals surface area (Å²) in [6, 6.07) is 0. The van der Waals surface area contributed by atoms with E-state index in [0.29, 0.717) is 23.8 Å². The van der Waals surface area contributed by atoms with Crippen molar-refractivity contribution < 1.29 is 4.79 Å². The lowest BCUT2D eigenvalue weighted by atomic mass is 9.92. The van der Waals surface area contributed by atoms with E-state index in [1.54, 1.807) is 12.4 Å². The van der Waals surface area contributed by atoms with Crippen molar-refractivity contribution in [3.05, 3.63) is 35.8 Å². The summed E-state index contributed by atoms with van der Waals surface area (Å²) in [5.41, 5.74) is 2.75. The molecule has 0 aliphatic carbocycles. The second-order valence-electron chi connectivity index (χ2n) is 6.58. The summed E-state index contributed by atoms with van der Waals surface area (Å²) in [6.07, 6.45) is 9.32. The molecule has 0 atom stereocenters. The van der Waals surface area contributed by atoms with Gasteiger partial charge in [0.15, 0.2) is 5.82 Å². The molecule has 0 aliphatic heterocycles. The third kappa shape index (κ3) is 4.67. The maximum absolute atomic E-state index is 12.5. The summed E-state index contributed by atoms with van der Waals surface area (Å²) in [5, 5.41) is 12.9. The predicted octanol–water partition coefficient (Wildman–Crippen LogP) is 2.96. The molecule has 0 aromatic carbocycles. The first kappa shape index (κ1) is 18.7. The first-order valence-corrected chi connectivity index (χ1v) is 8.23. The van der Waals surface area contributed by atoms with Crippen molar-refractivity contribution in [2.24, 2.45) is 5.41 Å². The number of carbonyl (C=O) groups is 1. The van der Waals surface area contributed by atoms with E-state index in [-0.39, 0.29) is 5.91 Å². The van der Waals surface area contributed by atoms with E-state index in [9.17, 15) is 4.79 Å². The van der Waals surface area contributed by atoms with E-state index in [1.165, 1.54) is 0 Å². The average Bonchev–Trinajstić information content (AvgIpc) is 3.21. The maximum Gasteiger partial charge on any atom is 0.231 e. The average molecular weight is 342 g/mol. The van der Waals surface area contributed by atoms with Crippen molar-refractivity contribution in [3.63, 3.8) is 0 Å². The van der Waals surface area contributed by atoms with Crippen LogP contribution in [0.5, 0.6) is 0 Å². The third-order valence-corrected chi connectivity index (χ3v) is 3.93. The highest BCUT2D eigenvalue weighted by Gasteiger charge is 2.28. The molecule has 0 bridgehead atoms. The molecule has 2 heterocycles. The Kier molecular flexibility index (Phi) is 5.93. The SMILES string of the molecule is C/C=C(C)\C=C/c1cnc(-c2[nH]ncc2NC(=O)C(C)(C)CNC)[nH]1. The van der Waals surface area contributed by atoms with Crippen LogP contribution >= 0.6 is 0 Å². The molecule has 2 aromatic heterocycles. The largest absolute Gasteiger partial charge is 0.337 e. The standard InChI is InChI=1S/C18H26N6O/c1-6-12(2)7-8-13-9-20-16(22-13)15-14(10-21-24-15)23-17(25)18(3,4)11-19-5/h6-10,19H,11H2,1-5H3,(H,20,22)(H,21,24)(H,23,25)/b8-7-,12-6-. The zero-order valence-electron chi connectivity index (χ0n) is 15.4. The Morgan fingerprint density at radius 2 is 2.12 bits per heavy atom. The number of imidazole rings is 1. The molecule has 0 saturated heterocycles. The Hall–Kier alpha value is -2.67. The van der Waals surface area contributed by atoms with Crippen molar-refractivity contribution >= 4 is 17.7 Å². The lowest BCUT2D eigenvalue weighted by Crippen LogP contribution is -2.38. The number of H-pyrrole nitrogens is 2. The van der Waals surface area contributed by atoms with Gasteiger partial charge in [0.1, 0.15) is 5.69 Å². The molecular weight excluding hydrogens is 316 g/mol. The van der Waals surface area contributed by atoms with Gasteiger partial charge in [-0.3, -0.25) is 9.89 Å². The Morgan fingerprint density at radius 1 is 1.36 bits per heavy atom. The van der Waals surface area contributed by atoms with Crippen LogP contribution in [0.25, 0.3) is 17.6 Å². The highest BCUT2D eigenvalue weighted by molar-refractivity contribution is 5.97. The van der Waals surface area contributed by atoms with E-state index in [2.05, 4.69) is 30.8 Å². The fourth-order valence-electron chi connectivity index (χ4n) is 2.24. The van der Waals surface area contributed by atoms with Crippen LogP contribution in [0, 0.1) is 5.41 Å². The summed E-state index contributed by atoms with van der Waals surface area (Å²) < 4.78 is 0. The van der Waals surface area contributed by atoms with Gasteiger partial charge in [-0.25, -0.2) is 4.98 Å². The van der Waals surface area contributed by atoms with Crippen molar-refractivity contribution in [2.45, 2.75) is 27.7 Å². The smallest absolute Gasteiger partial charge is 0.231 e. The van der Waals surface area contributed by atoms with Gasteiger partial charge in [0, 0.05) is 6.54 Å². The number of aromatic nitrogens is 4. The van der Waals surface area contributed by atoms with Crippen LogP contribution in [0.4, 0.5) is 5.69 Å². The van der Waals surface area contributed by atoms with Gasteiger partial charge >= 0.3 is 0 Å². The van der Waals surface area contributed by atoms with E-state index < -0.39 is 5.41 Å². The van der Waals surface area contributed by atoms with Crippen LogP contribution in [-0.2, 0) is 4.79 Å². The number of aromatic amines is 2. The molecule has 4 N–H and O–H groups in total. The molecule has 0 radical (unpaired) electrons. The summed E-state index contributed by atoms with van der Waals surface area (Å²) in [7, 11) is 1.83. The maximum atomic E-state index is 12.5. The zero-order chi connectivity index (χ0) is 18.4. The molecule has 0 spiro atoms. The molecule has 1 amide bonds. The number of carbonyl (C=O) groups excluding carboxylic acids is 1. The van der Waals surface area contributed by atoms with Crippen LogP contribution in [0.1, 0.15) is 33.4 Å². The lowest BCUT2D eigenvalue weighted by Gasteiger charge is -2.22. The topological polar surface area (TPSA) is 98.5 Å². The molecule has 0 unspecified atom stereocenters. The first-order valence-electron chi connectivity index (χ1n) is 8.23. The summed E-state index contributed by atoms with van der Waals surface area (Å²) >= 11 is 0. The molecular formula is C18H26N6O. The fraction of sp³-hybridized carbons (Fsp3) is 0.389. The highest BCUT2D eigenvalue weighted by atomic mass is 16.2. The summed E-state index contributed by atoms with van der Waals surface area (Å²) in [4.78, 5) is 20.1. The number of hydrogen-bond donors (Lipinski definition) is 4. The molecule has 7 heteroatoms. The van der Waals surface area contributed by atoms with Gasteiger partial charge in [0.2, 0.25) is 5.91 Å². The van der Waals surface area contributed by atoms with Gasteiger partial charge in [0.25, 0.3) is 0 Å². The van der Waals surface area contributed by atoms with E-state index in [4.69, 9.17) is 0 Å². The molecule has 0 saturated carbocycles. The van der Waals surface area contributed by atoms with Gasteiger partial charge in [0.05, 0.1) is 29.2 Å². The summed E-state index contributed by atoms with van der Waals surface area (Å²) in [5.74, 6) is 0.539. The Bertz CT molecular complexity index is 781. The van der Waals surface area contributed by atoms with Gasteiger partial charge in [-0.1, -0.05) is 17.7 Å².